The van der Waals surface area contributed by atoms with Crippen LogP contribution >= 0.6 is 0 Å². The highest BCUT2D eigenvalue weighted by atomic mass is 16.5. The van der Waals surface area contributed by atoms with Crippen LogP contribution in [0, 0.1) is 0 Å². The maximum Gasteiger partial charge on any atom is 0.250 e. The molecule has 0 atom stereocenters. The van der Waals surface area contributed by atoms with Crippen LogP contribution in [-0.4, -0.2) is 15.9 Å². The summed E-state index contributed by atoms with van der Waals surface area (Å²) in [6, 6.07) is 31.0. The third kappa shape index (κ3) is 4.96. The summed E-state index contributed by atoms with van der Waals surface area (Å²) in [7, 11) is 0. The first-order valence-electron chi connectivity index (χ1n) is 11.2. The lowest BCUT2D eigenvalue weighted by atomic mass is 10.0. The normalized spacial score (nSPS) is 10.7. The predicted molar refractivity (Wildman–Crippen MR) is 135 cm³/mol. The second kappa shape index (κ2) is 10.1. The van der Waals surface area contributed by atoms with Crippen molar-refractivity contribution in [2.45, 2.75) is 13.2 Å². The Morgan fingerprint density at radius 2 is 1.31 bits per heavy atom. The molecule has 0 radical (unpaired) electrons. The first-order chi connectivity index (χ1) is 17.2. The number of hydrogen-bond donors (Lipinski definition) is 1. The predicted octanol–water partition coefficient (Wildman–Crippen LogP) is 5.55. The molecule has 172 valence electrons. The Balaban J connectivity index is 1.54. The van der Waals surface area contributed by atoms with Crippen LogP contribution in [0.25, 0.3) is 22.0 Å². The summed E-state index contributed by atoms with van der Waals surface area (Å²) < 4.78 is 12.1. The van der Waals surface area contributed by atoms with Crippen LogP contribution in [0.5, 0.6) is 11.8 Å². The quantitative estimate of drug-likeness (QED) is 0.327. The summed E-state index contributed by atoms with van der Waals surface area (Å²) in [4.78, 5) is 21.2. The number of fused-ring (bicyclic) bond motifs is 1. The van der Waals surface area contributed by atoms with Gasteiger partial charge in [0.25, 0.3) is 5.91 Å². The van der Waals surface area contributed by atoms with E-state index in [0.717, 1.165) is 21.9 Å². The third-order valence-corrected chi connectivity index (χ3v) is 5.60. The van der Waals surface area contributed by atoms with Gasteiger partial charge in [-0.15, -0.1) is 0 Å². The first-order valence-corrected chi connectivity index (χ1v) is 11.2. The van der Waals surface area contributed by atoms with Crippen LogP contribution < -0.4 is 15.2 Å². The van der Waals surface area contributed by atoms with E-state index in [1.165, 1.54) is 6.20 Å². The summed E-state index contributed by atoms with van der Waals surface area (Å²) in [5.74, 6) is 0.311. The topological polar surface area (TPSA) is 87.3 Å². The smallest absolute Gasteiger partial charge is 0.250 e. The van der Waals surface area contributed by atoms with Gasteiger partial charge >= 0.3 is 0 Å². The molecule has 0 aliphatic carbocycles. The van der Waals surface area contributed by atoms with Gasteiger partial charge in [-0.3, -0.25) is 9.78 Å². The number of benzene rings is 3. The Morgan fingerprint density at radius 3 is 1.97 bits per heavy atom. The molecule has 0 spiro atoms. The molecule has 2 N–H and O–H groups in total. The van der Waals surface area contributed by atoms with Crippen molar-refractivity contribution >= 4 is 16.7 Å². The van der Waals surface area contributed by atoms with Gasteiger partial charge < -0.3 is 15.2 Å². The van der Waals surface area contributed by atoms with Crippen LogP contribution in [0.4, 0.5) is 0 Å². The number of hydrogen-bond acceptors (Lipinski definition) is 5. The molecule has 2 heterocycles. The zero-order valence-corrected chi connectivity index (χ0v) is 18.9. The van der Waals surface area contributed by atoms with Gasteiger partial charge in [-0.05, 0) is 22.6 Å². The molecule has 0 aliphatic heterocycles. The van der Waals surface area contributed by atoms with E-state index in [1.54, 1.807) is 6.07 Å². The van der Waals surface area contributed by atoms with E-state index in [1.807, 2.05) is 91.0 Å². The average molecular weight is 462 g/mol. The van der Waals surface area contributed by atoms with Crippen LogP contribution in [0.1, 0.15) is 21.5 Å². The molecule has 35 heavy (non-hydrogen) atoms. The number of amides is 1. The van der Waals surface area contributed by atoms with Gasteiger partial charge in [-0.25, -0.2) is 0 Å². The maximum atomic E-state index is 12.0. The van der Waals surface area contributed by atoms with Crippen molar-refractivity contribution < 1.29 is 14.3 Å². The molecule has 0 saturated carbocycles. The largest absolute Gasteiger partial charge is 0.473 e. The van der Waals surface area contributed by atoms with E-state index in [0.29, 0.717) is 41.8 Å². The van der Waals surface area contributed by atoms with E-state index in [-0.39, 0.29) is 0 Å². The number of nitrogens with two attached hydrogens (primary N) is 1. The summed E-state index contributed by atoms with van der Waals surface area (Å²) >= 11 is 0. The molecule has 0 aliphatic rings. The van der Waals surface area contributed by atoms with E-state index in [9.17, 15) is 4.79 Å². The number of rotatable bonds is 8. The zero-order valence-electron chi connectivity index (χ0n) is 18.9. The number of aromatic nitrogens is 2. The minimum absolute atomic E-state index is 0.334. The molecular weight excluding hydrogens is 438 g/mol. The van der Waals surface area contributed by atoms with Crippen molar-refractivity contribution in [2.75, 3.05) is 0 Å². The summed E-state index contributed by atoms with van der Waals surface area (Å²) in [5, 5.41) is 1.51. The van der Waals surface area contributed by atoms with Crippen molar-refractivity contribution in [1.82, 2.24) is 9.97 Å². The lowest BCUT2D eigenvalue weighted by Gasteiger charge is -2.15. The molecule has 3 aromatic carbocycles. The van der Waals surface area contributed by atoms with E-state index in [2.05, 4.69) is 9.97 Å². The number of carbonyl (C=O) groups excluding carboxylic acids is 1. The molecule has 2 aromatic heterocycles. The van der Waals surface area contributed by atoms with Gasteiger partial charge in [0, 0.05) is 17.6 Å². The van der Waals surface area contributed by atoms with Crippen molar-refractivity contribution in [1.29, 1.82) is 0 Å². The molecule has 1 amide bonds. The van der Waals surface area contributed by atoms with Crippen LogP contribution in [0.3, 0.4) is 0 Å². The number of ether oxygens (including phenoxy) is 2. The van der Waals surface area contributed by atoms with Gasteiger partial charge in [0.2, 0.25) is 11.8 Å². The number of carbonyl (C=O) groups is 1. The standard InChI is InChI=1S/C29H23N3O3/c30-28(33)25-17-31-27(23-14-8-7-13-22(23)25)24-15-16-26(34-18-20-9-3-1-4-10-20)32-29(24)35-19-21-11-5-2-6-12-21/h1-17H,18-19H2,(H2,30,33). The van der Waals surface area contributed by atoms with Gasteiger partial charge in [-0.2, -0.15) is 4.98 Å². The minimum Gasteiger partial charge on any atom is -0.473 e. The molecule has 5 aromatic rings. The fourth-order valence-electron chi connectivity index (χ4n) is 3.86. The molecule has 0 saturated heterocycles. The van der Waals surface area contributed by atoms with E-state index in [4.69, 9.17) is 15.2 Å². The summed E-state index contributed by atoms with van der Waals surface area (Å²) in [6.07, 6.45) is 1.50. The highest BCUT2D eigenvalue weighted by Gasteiger charge is 2.17. The van der Waals surface area contributed by atoms with Crippen molar-refractivity contribution in [3.05, 3.63) is 120 Å². The Labute approximate surface area is 203 Å². The van der Waals surface area contributed by atoms with Gasteiger partial charge in [0.05, 0.1) is 16.8 Å². The highest BCUT2D eigenvalue weighted by molar-refractivity contribution is 6.09. The fourth-order valence-corrected chi connectivity index (χ4v) is 3.86. The SMILES string of the molecule is NC(=O)c1cnc(-c2ccc(OCc3ccccc3)nc2OCc2ccccc2)c2ccccc12. The Hall–Kier alpha value is -4.71. The molecule has 6 heteroatoms. The number of primary amides is 1. The van der Waals surface area contributed by atoms with Crippen LogP contribution in [0.2, 0.25) is 0 Å². The van der Waals surface area contributed by atoms with Crippen molar-refractivity contribution in [3.8, 4) is 23.0 Å². The van der Waals surface area contributed by atoms with E-state index >= 15 is 0 Å². The highest BCUT2D eigenvalue weighted by Crippen LogP contribution is 2.35. The third-order valence-electron chi connectivity index (χ3n) is 5.60. The molecule has 0 fully saturated rings. The molecule has 0 unspecified atom stereocenters. The molecule has 5 rings (SSSR count). The summed E-state index contributed by atoms with van der Waals surface area (Å²) in [6.45, 7) is 0.722. The van der Waals surface area contributed by atoms with Gasteiger partial charge in [-0.1, -0.05) is 84.9 Å². The second-order valence-corrected chi connectivity index (χ2v) is 7.98. The Kier molecular flexibility index (Phi) is 6.35. The van der Waals surface area contributed by atoms with Crippen molar-refractivity contribution in [3.63, 3.8) is 0 Å². The Bertz CT molecular complexity index is 1470. The zero-order chi connectivity index (χ0) is 24.0. The second-order valence-electron chi connectivity index (χ2n) is 7.98. The Morgan fingerprint density at radius 1 is 0.714 bits per heavy atom. The fraction of sp³-hybridized carbons (Fsp3) is 0.0690. The lowest BCUT2D eigenvalue weighted by Crippen LogP contribution is -2.12. The van der Waals surface area contributed by atoms with Crippen LogP contribution in [-0.2, 0) is 13.2 Å². The molecule has 6 nitrogen and oxygen atoms in total. The average Bonchev–Trinajstić information content (AvgIpc) is 2.91. The lowest BCUT2D eigenvalue weighted by molar-refractivity contribution is 0.100. The number of pyridine rings is 2. The monoisotopic (exact) mass is 461 g/mol. The first kappa shape index (κ1) is 22.1. The van der Waals surface area contributed by atoms with Gasteiger partial charge in [0.1, 0.15) is 13.2 Å². The minimum atomic E-state index is -0.524. The van der Waals surface area contributed by atoms with E-state index < -0.39 is 5.91 Å². The summed E-state index contributed by atoms with van der Waals surface area (Å²) in [5.41, 5.74) is 9.34. The van der Waals surface area contributed by atoms with Crippen molar-refractivity contribution in [2.24, 2.45) is 5.73 Å². The molecule has 0 bridgehead atoms. The van der Waals surface area contributed by atoms with Gasteiger partial charge in [0.15, 0.2) is 0 Å². The number of nitrogens with zero attached hydrogens (tertiary/aromatic N) is 2. The van der Waals surface area contributed by atoms with Crippen LogP contribution in [0.15, 0.2) is 103 Å². The maximum absolute atomic E-state index is 12.0. The molecular formula is C29H23N3O3.